The number of hydrogen-bond acceptors (Lipinski definition) is 7. The summed E-state index contributed by atoms with van der Waals surface area (Å²) in [6, 6.07) is 12.1. The Hall–Kier alpha value is -2.27. The molecule has 2 aliphatic heterocycles. The molecule has 4 heterocycles. The summed E-state index contributed by atoms with van der Waals surface area (Å²) in [5.74, 6) is 2.18. The number of rotatable bonds is 5. The highest BCUT2D eigenvalue weighted by atomic mass is 32.2. The van der Waals surface area contributed by atoms with Crippen molar-refractivity contribution in [3.8, 4) is 17.1 Å². The van der Waals surface area contributed by atoms with E-state index in [-0.39, 0.29) is 6.04 Å². The molecule has 3 aromatic rings. The predicted molar refractivity (Wildman–Crippen MR) is 125 cm³/mol. The van der Waals surface area contributed by atoms with Crippen LogP contribution in [0.3, 0.4) is 0 Å². The molecular weight excluding hydrogens is 446 g/mol. The Morgan fingerprint density at radius 3 is 2.50 bits per heavy atom. The van der Waals surface area contributed by atoms with E-state index in [1.165, 1.54) is 0 Å². The minimum absolute atomic E-state index is 0.164. The van der Waals surface area contributed by atoms with Gasteiger partial charge < -0.3 is 4.42 Å². The third-order valence-electron chi connectivity index (χ3n) is 6.42. The lowest BCUT2D eigenvalue weighted by atomic mass is 10.2. The Bertz CT molecular complexity index is 1250. The number of aromatic nitrogens is 3. The summed E-state index contributed by atoms with van der Waals surface area (Å²) in [6.07, 6.45) is 2.42. The van der Waals surface area contributed by atoms with Crippen molar-refractivity contribution in [2.24, 2.45) is 0 Å². The largest absolute Gasteiger partial charge is 0.469 e. The predicted octanol–water partition coefficient (Wildman–Crippen LogP) is 2.73. The van der Waals surface area contributed by atoms with Gasteiger partial charge in [0.2, 0.25) is 4.77 Å². The van der Waals surface area contributed by atoms with Gasteiger partial charge in [-0.15, -0.1) is 5.10 Å². The zero-order valence-electron chi connectivity index (χ0n) is 18.1. The van der Waals surface area contributed by atoms with Crippen LogP contribution in [0.2, 0.25) is 0 Å². The monoisotopic (exact) mass is 473 g/mol. The van der Waals surface area contributed by atoms with Crippen molar-refractivity contribution in [3.63, 3.8) is 0 Å². The molecule has 0 aliphatic carbocycles. The second kappa shape index (κ2) is 8.58. The Morgan fingerprint density at radius 2 is 1.88 bits per heavy atom. The summed E-state index contributed by atoms with van der Waals surface area (Å²) in [5.41, 5.74) is 1.89. The molecule has 0 radical (unpaired) electrons. The number of sulfone groups is 1. The summed E-state index contributed by atoms with van der Waals surface area (Å²) in [6.45, 7) is 5.96. The Labute approximate surface area is 193 Å². The molecule has 10 heteroatoms. The lowest BCUT2D eigenvalue weighted by molar-refractivity contribution is 0.0808. The van der Waals surface area contributed by atoms with E-state index in [1.54, 1.807) is 6.26 Å². The highest BCUT2D eigenvalue weighted by Gasteiger charge is 2.33. The lowest BCUT2D eigenvalue weighted by Crippen LogP contribution is -2.50. The lowest BCUT2D eigenvalue weighted by Gasteiger charge is -2.37. The molecule has 2 aromatic heterocycles. The van der Waals surface area contributed by atoms with Gasteiger partial charge in [0.1, 0.15) is 5.76 Å². The van der Waals surface area contributed by atoms with Crippen LogP contribution in [-0.2, 0) is 16.5 Å². The normalized spacial score (nSPS) is 21.8. The quantitative estimate of drug-likeness (QED) is 0.528. The average molecular weight is 474 g/mol. The molecule has 1 unspecified atom stereocenters. The van der Waals surface area contributed by atoms with Gasteiger partial charge >= 0.3 is 0 Å². The number of benzene rings is 1. The smallest absolute Gasteiger partial charge is 0.204 e. The molecular formula is C22H27N5O3S2. The highest BCUT2D eigenvalue weighted by Crippen LogP contribution is 2.27. The number of piperazine rings is 1. The van der Waals surface area contributed by atoms with Crippen LogP contribution in [-0.4, -0.2) is 76.3 Å². The molecule has 2 saturated heterocycles. The van der Waals surface area contributed by atoms with Crippen LogP contribution in [0, 0.1) is 11.7 Å². The molecule has 32 heavy (non-hydrogen) atoms. The first-order valence-electron chi connectivity index (χ1n) is 10.9. The van der Waals surface area contributed by atoms with Gasteiger partial charge in [-0.3, -0.25) is 14.4 Å². The number of hydrogen-bond donors (Lipinski definition) is 0. The average Bonchev–Trinajstić information content (AvgIpc) is 3.46. The molecule has 2 aliphatic rings. The van der Waals surface area contributed by atoms with Crippen LogP contribution < -0.4 is 0 Å². The van der Waals surface area contributed by atoms with Crippen LogP contribution >= 0.6 is 12.2 Å². The van der Waals surface area contributed by atoms with Crippen LogP contribution in [0.5, 0.6) is 0 Å². The number of para-hydroxylation sites is 1. The van der Waals surface area contributed by atoms with Crippen molar-refractivity contribution >= 4 is 22.1 Å². The van der Waals surface area contributed by atoms with E-state index >= 15 is 0 Å². The Kier molecular flexibility index (Phi) is 5.79. The Balaban J connectivity index is 1.37. The van der Waals surface area contributed by atoms with E-state index in [9.17, 15) is 8.42 Å². The number of furan rings is 1. The molecule has 0 N–H and O–H groups in total. The van der Waals surface area contributed by atoms with Crippen LogP contribution in [0.15, 0.2) is 47.1 Å². The maximum atomic E-state index is 11.8. The maximum absolute atomic E-state index is 11.8. The summed E-state index contributed by atoms with van der Waals surface area (Å²) in [5, 5.41) is 4.88. The van der Waals surface area contributed by atoms with Crippen molar-refractivity contribution in [1.82, 2.24) is 24.1 Å². The summed E-state index contributed by atoms with van der Waals surface area (Å²) < 4.78 is 33.7. The van der Waals surface area contributed by atoms with Gasteiger partial charge in [-0.25, -0.2) is 13.1 Å². The van der Waals surface area contributed by atoms with Crippen molar-refractivity contribution in [2.45, 2.75) is 26.1 Å². The van der Waals surface area contributed by atoms with Gasteiger partial charge in [-0.05, 0) is 43.8 Å². The molecule has 0 amide bonds. The Morgan fingerprint density at radius 1 is 1.12 bits per heavy atom. The van der Waals surface area contributed by atoms with Gasteiger partial charge in [0.05, 0.1) is 30.0 Å². The molecule has 0 spiro atoms. The van der Waals surface area contributed by atoms with Crippen molar-refractivity contribution in [2.75, 3.05) is 37.7 Å². The van der Waals surface area contributed by atoms with E-state index in [1.807, 2.05) is 52.6 Å². The minimum Gasteiger partial charge on any atom is -0.469 e. The molecule has 0 saturated carbocycles. The summed E-state index contributed by atoms with van der Waals surface area (Å²) in [7, 11) is -2.86. The minimum atomic E-state index is -2.86. The molecule has 2 fully saturated rings. The SMILES string of the molecule is Cc1occc1-c1nn(CN2CCN(C3CCS(=O)(=O)C3)CC2)c(=S)n1-c1ccccc1. The standard InChI is InChI=1S/C22H27N5O3S2/c1-17-20(7-13-30-17)21-23-26(22(31)27(21)18-5-3-2-4-6-18)16-24-9-11-25(12-10-24)19-8-14-32(28,29)15-19/h2-7,13,19H,8-12,14-16H2,1H3. The van der Waals surface area contributed by atoms with Gasteiger partial charge in [0, 0.05) is 37.9 Å². The van der Waals surface area contributed by atoms with E-state index in [2.05, 4.69) is 9.80 Å². The molecule has 1 aromatic carbocycles. The van der Waals surface area contributed by atoms with Gasteiger partial charge in [-0.1, -0.05) is 18.2 Å². The first-order chi connectivity index (χ1) is 15.4. The van der Waals surface area contributed by atoms with Crippen LogP contribution in [0.4, 0.5) is 0 Å². The van der Waals surface area contributed by atoms with E-state index < -0.39 is 9.84 Å². The van der Waals surface area contributed by atoms with E-state index in [4.69, 9.17) is 21.7 Å². The van der Waals surface area contributed by atoms with E-state index in [0.29, 0.717) is 22.9 Å². The second-order valence-corrected chi connectivity index (χ2v) is 11.1. The van der Waals surface area contributed by atoms with Gasteiger partial charge in [0.25, 0.3) is 0 Å². The first kappa shape index (κ1) is 21.6. The molecule has 5 rings (SSSR count). The summed E-state index contributed by atoms with van der Waals surface area (Å²) in [4.78, 5) is 4.65. The van der Waals surface area contributed by atoms with Crippen molar-refractivity contribution in [1.29, 1.82) is 0 Å². The third-order valence-corrected chi connectivity index (χ3v) is 8.56. The van der Waals surface area contributed by atoms with Crippen molar-refractivity contribution < 1.29 is 12.8 Å². The molecule has 1 atom stereocenters. The van der Waals surface area contributed by atoms with E-state index in [0.717, 1.165) is 55.4 Å². The zero-order chi connectivity index (χ0) is 22.3. The fourth-order valence-corrected chi connectivity index (χ4v) is 6.68. The highest BCUT2D eigenvalue weighted by molar-refractivity contribution is 7.91. The summed E-state index contributed by atoms with van der Waals surface area (Å²) >= 11 is 5.85. The second-order valence-electron chi connectivity index (χ2n) is 8.52. The zero-order valence-corrected chi connectivity index (χ0v) is 19.7. The van der Waals surface area contributed by atoms with Gasteiger partial charge in [0.15, 0.2) is 15.7 Å². The van der Waals surface area contributed by atoms with Gasteiger partial charge in [-0.2, -0.15) is 0 Å². The molecule has 0 bridgehead atoms. The van der Waals surface area contributed by atoms with Crippen LogP contribution in [0.1, 0.15) is 12.2 Å². The third kappa shape index (κ3) is 4.19. The molecule has 8 nitrogen and oxygen atoms in total. The fourth-order valence-electron chi connectivity index (χ4n) is 4.62. The number of aryl methyl sites for hydroxylation is 1. The van der Waals surface area contributed by atoms with Crippen LogP contribution in [0.25, 0.3) is 17.1 Å². The maximum Gasteiger partial charge on any atom is 0.204 e. The van der Waals surface area contributed by atoms with Crippen molar-refractivity contribution in [3.05, 3.63) is 53.2 Å². The topological polar surface area (TPSA) is 76.5 Å². The molecule has 170 valence electrons. The fraction of sp³-hybridized carbons (Fsp3) is 0.455. The number of nitrogens with zero attached hydrogens (tertiary/aromatic N) is 5. The first-order valence-corrected chi connectivity index (χ1v) is 13.1.